The summed E-state index contributed by atoms with van der Waals surface area (Å²) < 4.78 is 6.56. The predicted octanol–water partition coefficient (Wildman–Crippen LogP) is 17.1. The Morgan fingerprint density at radius 3 is 1.23 bits per heavy atom. The molecule has 0 amide bonds. The van der Waals surface area contributed by atoms with Gasteiger partial charge < -0.3 is 4.42 Å². The Labute approximate surface area is 352 Å². The van der Waals surface area contributed by atoms with Crippen LogP contribution in [0.3, 0.4) is 0 Å². The highest BCUT2D eigenvalue weighted by Gasteiger charge is 2.21. The van der Waals surface area contributed by atoms with Gasteiger partial charge in [0.15, 0.2) is 0 Å². The zero-order chi connectivity index (χ0) is 40.0. The van der Waals surface area contributed by atoms with Crippen molar-refractivity contribution in [3.05, 3.63) is 218 Å². The highest BCUT2D eigenvalue weighted by Crippen LogP contribution is 2.49. The SMILES string of the molecule is c1ccc(-c2cccc3c(-c4cc(-c5cccc6c(-c7ccccc7)cccc56)c5ccc6cc(-c7cccc8c7oc7ccccc78)cc7ccc4c5c76)cccc23)cc1. The summed E-state index contributed by atoms with van der Waals surface area (Å²) in [7, 11) is 0. The fourth-order valence-corrected chi connectivity index (χ4v) is 10.3. The van der Waals surface area contributed by atoms with Crippen LogP contribution >= 0.6 is 0 Å². The second kappa shape index (κ2) is 13.3. The van der Waals surface area contributed by atoms with Crippen LogP contribution in [0.1, 0.15) is 0 Å². The van der Waals surface area contributed by atoms with Gasteiger partial charge in [-0.3, -0.25) is 0 Å². The van der Waals surface area contributed by atoms with E-state index >= 15 is 0 Å². The molecule has 13 rings (SSSR count). The van der Waals surface area contributed by atoms with Crippen LogP contribution in [0.2, 0.25) is 0 Å². The zero-order valence-electron chi connectivity index (χ0n) is 33.2. The van der Waals surface area contributed by atoms with Crippen molar-refractivity contribution in [1.82, 2.24) is 0 Å². The molecular formula is C60H36O. The number of benzene rings is 12. The van der Waals surface area contributed by atoms with Crippen LogP contribution < -0.4 is 0 Å². The molecule has 0 radical (unpaired) electrons. The molecule has 0 aliphatic carbocycles. The van der Waals surface area contributed by atoms with Crippen LogP contribution in [0.4, 0.5) is 0 Å². The lowest BCUT2D eigenvalue weighted by molar-refractivity contribution is 0.670. The molecule has 1 heterocycles. The molecule has 0 aliphatic rings. The lowest BCUT2D eigenvalue weighted by Gasteiger charge is -2.21. The number of hydrogen-bond donors (Lipinski definition) is 0. The van der Waals surface area contributed by atoms with Gasteiger partial charge >= 0.3 is 0 Å². The van der Waals surface area contributed by atoms with Crippen LogP contribution in [0.5, 0.6) is 0 Å². The first kappa shape index (κ1) is 33.9. The first-order valence-corrected chi connectivity index (χ1v) is 21.1. The first-order valence-electron chi connectivity index (χ1n) is 21.1. The fraction of sp³-hybridized carbons (Fsp3) is 0. The van der Waals surface area contributed by atoms with E-state index in [0.29, 0.717) is 0 Å². The van der Waals surface area contributed by atoms with Gasteiger partial charge in [0.2, 0.25) is 0 Å². The molecule has 1 heteroatoms. The van der Waals surface area contributed by atoms with Crippen molar-refractivity contribution in [2.24, 2.45) is 0 Å². The number of furan rings is 1. The predicted molar refractivity (Wildman–Crippen MR) is 260 cm³/mol. The van der Waals surface area contributed by atoms with Crippen LogP contribution in [0, 0.1) is 0 Å². The standard InChI is InChI=1S/C60H36O/c1-3-14-37(15-4-1)42-19-9-24-47-45(42)22-12-26-49(47)55-36-56(50-27-13-23-46-43(20-10-25-48(46)50)38-16-5-2-6-17-38)53-33-31-40-35-41(34-39-30-32-52(55)59(53)58(39)40)44-21-11-28-54-51-18-7-8-29-57(51)61-60(44)54/h1-36H. The molecular weight excluding hydrogens is 737 g/mol. The molecule has 13 aromatic rings. The van der Waals surface area contributed by atoms with Crippen LogP contribution in [-0.2, 0) is 0 Å². The monoisotopic (exact) mass is 772 g/mol. The highest BCUT2D eigenvalue weighted by atomic mass is 16.3. The first-order chi connectivity index (χ1) is 30.3. The lowest BCUT2D eigenvalue weighted by Crippen LogP contribution is -1.93. The van der Waals surface area contributed by atoms with Crippen molar-refractivity contribution in [3.63, 3.8) is 0 Å². The maximum atomic E-state index is 6.56. The zero-order valence-corrected chi connectivity index (χ0v) is 33.2. The molecule has 0 fully saturated rings. The molecule has 1 nitrogen and oxygen atoms in total. The van der Waals surface area contributed by atoms with E-state index in [1.165, 1.54) is 98.4 Å². The Balaban J connectivity index is 1.11. The van der Waals surface area contributed by atoms with Crippen LogP contribution in [0.15, 0.2) is 223 Å². The molecule has 0 spiro atoms. The number of para-hydroxylation sites is 2. The van der Waals surface area contributed by atoms with E-state index in [2.05, 4.69) is 212 Å². The Kier molecular flexibility index (Phi) is 7.37. The van der Waals surface area contributed by atoms with Crippen molar-refractivity contribution >= 4 is 75.8 Å². The summed E-state index contributed by atoms with van der Waals surface area (Å²) >= 11 is 0. The molecule has 0 aliphatic heterocycles. The van der Waals surface area contributed by atoms with Crippen molar-refractivity contribution in [3.8, 4) is 55.6 Å². The van der Waals surface area contributed by atoms with Gasteiger partial charge in [-0.25, -0.2) is 0 Å². The number of fused-ring (bicyclic) bond motifs is 5. The smallest absolute Gasteiger partial charge is 0.143 e. The third-order valence-corrected chi connectivity index (χ3v) is 13.0. The number of rotatable bonds is 5. The summed E-state index contributed by atoms with van der Waals surface area (Å²) in [6.07, 6.45) is 0. The minimum absolute atomic E-state index is 0.913. The normalized spacial score (nSPS) is 11.9. The Morgan fingerprint density at radius 1 is 0.230 bits per heavy atom. The third kappa shape index (κ3) is 5.14. The van der Waals surface area contributed by atoms with Crippen molar-refractivity contribution in [1.29, 1.82) is 0 Å². The maximum Gasteiger partial charge on any atom is 0.143 e. The molecule has 0 atom stereocenters. The molecule has 0 saturated heterocycles. The Hall–Kier alpha value is -8.00. The van der Waals surface area contributed by atoms with Gasteiger partial charge in [-0.2, -0.15) is 0 Å². The van der Waals surface area contributed by atoms with Crippen molar-refractivity contribution in [2.45, 2.75) is 0 Å². The van der Waals surface area contributed by atoms with Gasteiger partial charge in [0.1, 0.15) is 11.2 Å². The lowest BCUT2D eigenvalue weighted by atomic mass is 9.82. The van der Waals surface area contributed by atoms with Gasteiger partial charge in [-0.15, -0.1) is 0 Å². The summed E-state index contributed by atoms with van der Waals surface area (Å²) in [5, 5.41) is 14.8. The van der Waals surface area contributed by atoms with E-state index in [9.17, 15) is 0 Å². The molecule has 282 valence electrons. The van der Waals surface area contributed by atoms with Crippen LogP contribution in [0.25, 0.3) is 131 Å². The quantitative estimate of drug-likeness (QED) is 0.159. The minimum Gasteiger partial charge on any atom is -0.455 e. The summed E-state index contributed by atoms with van der Waals surface area (Å²) in [6, 6.07) is 80.2. The molecule has 0 saturated carbocycles. The summed E-state index contributed by atoms with van der Waals surface area (Å²) in [4.78, 5) is 0. The summed E-state index contributed by atoms with van der Waals surface area (Å²) in [6.45, 7) is 0. The van der Waals surface area contributed by atoms with Crippen molar-refractivity contribution in [2.75, 3.05) is 0 Å². The van der Waals surface area contributed by atoms with E-state index in [1.54, 1.807) is 0 Å². The molecule has 0 unspecified atom stereocenters. The second-order valence-corrected chi connectivity index (χ2v) is 16.3. The maximum absolute atomic E-state index is 6.56. The topological polar surface area (TPSA) is 13.1 Å². The molecule has 12 aromatic carbocycles. The van der Waals surface area contributed by atoms with Gasteiger partial charge in [0.05, 0.1) is 0 Å². The summed E-state index contributed by atoms with van der Waals surface area (Å²) in [5.41, 5.74) is 14.0. The van der Waals surface area contributed by atoms with Gasteiger partial charge in [-0.05, 0) is 128 Å². The molecule has 0 N–H and O–H groups in total. The molecule has 0 bridgehead atoms. The average Bonchev–Trinajstić information content (AvgIpc) is 3.72. The van der Waals surface area contributed by atoms with E-state index in [4.69, 9.17) is 4.42 Å². The largest absolute Gasteiger partial charge is 0.455 e. The molecule has 61 heavy (non-hydrogen) atoms. The van der Waals surface area contributed by atoms with Gasteiger partial charge in [-0.1, -0.05) is 194 Å². The summed E-state index contributed by atoms with van der Waals surface area (Å²) in [5.74, 6) is 0. The van der Waals surface area contributed by atoms with Crippen molar-refractivity contribution < 1.29 is 4.42 Å². The van der Waals surface area contributed by atoms with E-state index < -0.39 is 0 Å². The van der Waals surface area contributed by atoms with E-state index in [-0.39, 0.29) is 0 Å². The van der Waals surface area contributed by atoms with E-state index in [0.717, 1.165) is 33.1 Å². The van der Waals surface area contributed by atoms with Crippen LogP contribution in [-0.4, -0.2) is 0 Å². The Morgan fingerprint density at radius 2 is 0.672 bits per heavy atom. The van der Waals surface area contributed by atoms with E-state index in [1.807, 2.05) is 6.07 Å². The van der Waals surface area contributed by atoms with Gasteiger partial charge in [0.25, 0.3) is 0 Å². The second-order valence-electron chi connectivity index (χ2n) is 16.3. The third-order valence-electron chi connectivity index (χ3n) is 13.0. The Bertz CT molecular complexity index is 3660. The number of hydrogen-bond acceptors (Lipinski definition) is 1. The molecule has 1 aromatic heterocycles. The van der Waals surface area contributed by atoms with Gasteiger partial charge in [0, 0.05) is 16.3 Å². The average molecular weight is 773 g/mol. The highest BCUT2D eigenvalue weighted by molar-refractivity contribution is 6.30. The fourth-order valence-electron chi connectivity index (χ4n) is 10.3. The minimum atomic E-state index is 0.913.